The number of anilines is 1. The number of rotatable bonds is 4. The molecule has 2 rings (SSSR count). The first-order chi connectivity index (χ1) is 9.60. The van der Waals surface area contributed by atoms with Gasteiger partial charge in [0, 0.05) is 21.8 Å². The molecule has 0 saturated heterocycles. The first-order valence-electron chi connectivity index (χ1n) is 6.36. The minimum atomic E-state index is 0.531. The zero-order chi connectivity index (χ0) is 14.5. The molecule has 0 spiro atoms. The molecule has 5 heteroatoms. The molecule has 0 bridgehead atoms. The van der Waals surface area contributed by atoms with Gasteiger partial charge in [-0.3, -0.25) is 0 Å². The van der Waals surface area contributed by atoms with Gasteiger partial charge in [0.2, 0.25) is 5.95 Å². The Morgan fingerprint density at radius 1 is 1.15 bits per heavy atom. The van der Waals surface area contributed by atoms with E-state index in [0.717, 1.165) is 22.7 Å². The summed E-state index contributed by atoms with van der Waals surface area (Å²) >= 11 is 1.71. The fraction of sp³-hybridized carbons (Fsp3) is 0.267. The van der Waals surface area contributed by atoms with Crippen LogP contribution in [0.2, 0.25) is 0 Å². The van der Waals surface area contributed by atoms with E-state index in [9.17, 15) is 0 Å². The van der Waals surface area contributed by atoms with Gasteiger partial charge in [-0.2, -0.15) is 5.10 Å². The highest BCUT2D eigenvalue weighted by Gasteiger charge is 2.04. The van der Waals surface area contributed by atoms with Crippen molar-refractivity contribution in [1.29, 1.82) is 0 Å². The summed E-state index contributed by atoms with van der Waals surface area (Å²) in [6.45, 7) is 5.86. The molecule has 2 aromatic rings. The molecule has 4 nitrogen and oxygen atoms in total. The van der Waals surface area contributed by atoms with Crippen LogP contribution in [0.5, 0.6) is 0 Å². The average Bonchev–Trinajstić information content (AvgIpc) is 2.43. The van der Waals surface area contributed by atoms with Crippen molar-refractivity contribution in [3.05, 3.63) is 47.3 Å². The van der Waals surface area contributed by atoms with Crippen LogP contribution in [0.4, 0.5) is 5.95 Å². The number of nitrogens with zero attached hydrogens (tertiary/aromatic N) is 3. The van der Waals surface area contributed by atoms with Crippen molar-refractivity contribution in [2.75, 3.05) is 11.7 Å². The Morgan fingerprint density at radius 3 is 2.45 bits per heavy atom. The van der Waals surface area contributed by atoms with Crippen LogP contribution in [0.1, 0.15) is 23.9 Å². The summed E-state index contributed by atoms with van der Waals surface area (Å²) < 4.78 is 0. The molecule has 0 unspecified atom stereocenters. The summed E-state index contributed by atoms with van der Waals surface area (Å²) in [5, 5.41) is 4.38. The van der Waals surface area contributed by atoms with Crippen LogP contribution in [0.3, 0.4) is 0 Å². The smallest absolute Gasteiger partial charge is 0.243 e. The number of aryl methyl sites for hydroxylation is 2. The lowest BCUT2D eigenvalue weighted by Gasteiger charge is -2.07. The maximum Gasteiger partial charge on any atom is 0.243 e. The van der Waals surface area contributed by atoms with Gasteiger partial charge in [0.25, 0.3) is 0 Å². The molecule has 1 aromatic carbocycles. The second-order valence-corrected chi connectivity index (χ2v) is 5.33. The number of hydrogen-bond donors (Lipinski definition) is 1. The van der Waals surface area contributed by atoms with E-state index in [-0.39, 0.29) is 0 Å². The largest absolute Gasteiger partial charge is 0.245 e. The average molecular weight is 286 g/mol. The molecule has 0 amide bonds. The van der Waals surface area contributed by atoms with E-state index in [1.165, 1.54) is 4.90 Å². The van der Waals surface area contributed by atoms with Gasteiger partial charge in [-0.05, 0) is 39.2 Å². The van der Waals surface area contributed by atoms with Gasteiger partial charge in [0.05, 0.1) is 5.71 Å². The van der Waals surface area contributed by atoms with E-state index in [2.05, 4.69) is 38.9 Å². The molecule has 1 aromatic heterocycles. The molecule has 0 saturated carbocycles. The Bertz CT molecular complexity index is 617. The van der Waals surface area contributed by atoms with Crippen molar-refractivity contribution in [1.82, 2.24) is 9.97 Å². The molecule has 1 N–H and O–H groups in total. The van der Waals surface area contributed by atoms with Crippen molar-refractivity contribution in [2.24, 2.45) is 5.10 Å². The van der Waals surface area contributed by atoms with Gasteiger partial charge in [0.15, 0.2) is 0 Å². The summed E-state index contributed by atoms with van der Waals surface area (Å²) in [5.74, 6) is 0.531. The molecule has 0 atom stereocenters. The third-order valence-electron chi connectivity index (χ3n) is 2.80. The van der Waals surface area contributed by atoms with Gasteiger partial charge in [0.1, 0.15) is 0 Å². The first kappa shape index (κ1) is 14.5. The number of benzene rings is 1. The SMILES string of the molecule is CSc1ccccc1/C(C)=N\Nc1nc(C)cc(C)n1. The number of nitrogens with one attached hydrogen (secondary N) is 1. The fourth-order valence-corrected chi connectivity index (χ4v) is 2.56. The quantitative estimate of drug-likeness (QED) is 0.529. The molecular weight excluding hydrogens is 268 g/mol. The predicted molar refractivity (Wildman–Crippen MR) is 85.6 cm³/mol. The van der Waals surface area contributed by atoms with Crippen LogP contribution in [-0.4, -0.2) is 21.9 Å². The number of thioether (sulfide) groups is 1. The normalized spacial score (nSPS) is 11.5. The highest BCUT2D eigenvalue weighted by molar-refractivity contribution is 7.98. The van der Waals surface area contributed by atoms with Gasteiger partial charge in [-0.25, -0.2) is 15.4 Å². The lowest BCUT2D eigenvalue weighted by Crippen LogP contribution is -2.04. The monoisotopic (exact) mass is 286 g/mol. The summed E-state index contributed by atoms with van der Waals surface area (Å²) in [5.41, 5.74) is 6.83. The molecule has 1 heterocycles. The predicted octanol–water partition coefficient (Wildman–Crippen LogP) is 3.65. The lowest BCUT2D eigenvalue weighted by atomic mass is 10.1. The van der Waals surface area contributed by atoms with E-state index in [4.69, 9.17) is 0 Å². The van der Waals surface area contributed by atoms with Crippen molar-refractivity contribution in [3.63, 3.8) is 0 Å². The molecule has 0 fully saturated rings. The van der Waals surface area contributed by atoms with Crippen LogP contribution in [-0.2, 0) is 0 Å². The molecule has 0 aliphatic rings. The highest BCUT2D eigenvalue weighted by atomic mass is 32.2. The van der Waals surface area contributed by atoms with Crippen LogP contribution in [0.15, 0.2) is 40.3 Å². The van der Waals surface area contributed by atoms with E-state index >= 15 is 0 Å². The third kappa shape index (κ3) is 3.57. The van der Waals surface area contributed by atoms with Gasteiger partial charge in [-0.1, -0.05) is 18.2 Å². The molecule has 0 radical (unpaired) electrons. The zero-order valence-electron chi connectivity index (χ0n) is 12.1. The van der Waals surface area contributed by atoms with E-state index < -0.39 is 0 Å². The molecule has 104 valence electrons. The lowest BCUT2D eigenvalue weighted by molar-refractivity contribution is 1.03. The number of hydrogen-bond acceptors (Lipinski definition) is 5. The Morgan fingerprint density at radius 2 is 1.80 bits per heavy atom. The zero-order valence-corrected chi connectivity index (χ0v) is 13.0. The van der Waals surface area contributed by atoms with Crippen molar-refractivity contribution in [2.45, 2.75) is 25.7 Å². The Labute approximate surface area is 123 Å². The van der Waals surface area contributed by atoms with Crippen molar-refractivity contribution >= 4 is 23.4 Å². The fourth-order valence-electron chi connectivity index (χ4n) is 1.91. The molecule has 0 aliphatic heterocycles. The molecule has 20 heavy (non-hydrogen) atoms. The van der Waals surface area contributed by atoms with Gasteiger partial charge >= 0.3 is 0 Å². The molecule has 0 aliphatic carbocycles. The summed E-state index contributed by atoms with van der Waals surface area (Å²) in [6, 6.07) is 10.1. The second-order valence-electron chi connectivity index (χ2n) is 4.48. The Balaban J connectivity index is 2.22. The second kappa shape index (κ2) is 6.52. The Kier molecular flexibility index (Phi) is 4.74. The van der Waals surface area contributed by atoms with Crippen LogP contribution in [0, 0.1) is 13.8 Å². The molecular formula is C15H18N4S. The van der Waals surface area contributed by atoms with Crippen LogP contribution >= 0.6 is 11.8 Å². The topological polar surface area (TPSA) is 50.2 Å². The third-order valence-corrected chi connectivity index (χ3v) is 3.60. The van der Waals surface area contributed by atoms with Crippen molar-refractivity contribution < 1.29 is 0 Å². The maximum atomic E-state index is 4.38. The highest BCUT2D eigenvalue weighted by Crippen LogP contribution is 2.20. The maximum absolute atomic E-state index is 4.38. The van der Waals surface area contributed by atoms with Crippen LogP contribution in [0.25, 0.3) is 0 Å². The van der Waals surface area contributed by atoms with E-state index in [1.807, 2.05) is 39.0 Å². The summed E-state index contributed by atoms with van der Waals surface area (Å²) in [4.78, 5) is 9.82. The van der Waals surface area contributed by atoms with Crippen LogP contribution < -0.4 is 5.43 Å². The van der Waals surface area contributed by atoms with Gasteiger partial charge < -0.3 is 0 Å². The number of aromatic nitrogens is 2. The van der Waals surface area contributed by atoms with Crippen molar-refractivity contribution in [3.8, 4) is 0 Å². The minimum absolute atomic E-state index is 0.531. The summed E-state index contributed by atoms with van der Waals surface area (Å²) in [7, 11) is 0. The van der Waals surface area contributed by atoms with E-state index in [1.54, 1.807) is 11.8 Å². The standard InChI is InChI=1S/C15H18N4S/c1-10-9-11(2)17-15(16-10)19-18-12(3)13-7-5-6-8-14(13)20-4/h5-9H,1-4H3,(H,16,17,19)/b18-12-. The Hall–Kier alpha value is -1.88. The first-order valence-corrected chi connectivity index (χ1v) is 7.58. The van der Waals surface area contributed by atoms with E-state index in [0.29, 0.717) is 5.95 Å². The van der Waals surface area contributed by atoms with Gasteiger partial charge in [-0.15, -0.1) is 11.8 Å². The number of hydrazone groups is 1. The summed E-state index contributed by atoms with van der Waals surface area (Å²) in [6.07, 6.45) is 2.06. The minimum Gasteiger partial charge on any atom is -0.245 e.